The van der Waals surface area contributed by atoms with Crippen molar-refractivity contribution >= 4 is 38.8 Å². The number of aromatic nitrogens is 5. The van der Waals surface area contributed by atoms with Gasteiger partial charge in [0.2, 0.25) is 17.7 Å². The number of benzene rings is 1. The van der Waals surface area contributed by atoms with Gasteiger partial charge in [-0.1, -0.05) is 6.92 Å². The molecule has 2 atom stereocenters. The number of nitrogens with one attached hydrogen (secondary N) is 2. The van der Waals surface area contributed by atoms with Gasteiger partial charge < -0.3 is 20.8 Å². The number of anilines is 1. The van der Waals surface area contributed by atoms with Crippen LogP contribution in [0.1, 0.15) is 31.7 Å². The number of nitrogens with two attached hydrogens (primary N) is 1. The highest BCUT2D eigenvalue weighted by atomic mass is 79.9. The number of halogens is 1. The second kappa shape index (κ2) is 9.38. The Hall–Kier alpha value is -3.31. The molecule has 4 aromatic rings. The van der Waals surface area contributed by atoms with Crippen LogP contribution in [0, 0.1) is 5.41 Å². The number of hydrogen-bond acceptors (Lipinski definition) is 8. The van der Waals surface area contributed by atoms with E-state index in [0.717, 1.165) is 41.5 Å². The summed E-state index contributed by atoms with van der Waals surface area (Å²) in [7, 11) is 1.68. The third-order valence-corrected chi connectivity index (χ3v) is 7.22. The zero-order valence-electron chi connectivity index (χ0n) is 19.6. The summed E-state index contributed by atoms with van der Waals surface area (Å²) in [5.74, 6) is 1.14. The summed E-state index contributed by atoms with van der Waals surface area (Å²) in [5, 5.41) is 11.7. The SMILES string of the molecule is CNC(=O)[C@]1(C)CC[C@@H](Nc2ncc3c(Br)nn(-c4ccc(-c5ncco5)c(CCN)c4)c3n2)C1. The van der Waals surface area contributed by atoms with E-state index in [4.69, 9.17) is 15.1 Å². The van der Waals surface area contributed by atoms with Crippen LogP contribution in [0.15, 0.2) is 45.9 Å². The summed E-state index contributed by atoms with van der Waals surface area (Å²) < 4.78 is 7.95. The van der Waals surface area contributed by atoms with Crippen LogP contribution in [0.4, 0.5) is 5.95 Å². The topological polar surface area (TPSA) is 137 Å². The molecule has 0 radical (unpaired) electrons. The van der Waals surface area contributed by atoms with Crippen molar-refractivity contribution in [1.82, 2.24) is 30.0 Å². The molecule has 1 aromatic carbocycles. The molecule has 4 N–H and O–H groups in total. The second-order valence-corrected chi connectivity index (χ2v) is 9.83. The van der Waals surface area contributed by atoms with E-state index in [1.807, 2.05) is 25.1 Å². The number of fused-ring (bicyclic) bond motifs is 1. The smallest absolute Gasteiger partial charge is 0.226 e. The van der Waals surface area contributed by atoms with Crippen molar-refractivity contribution in [3.8, 4) is 17.1 Å². The molecule has 3 heterocycles. The first kappa shape index (κ1) is 23.4. The van der Waals surface area contributed by atoms with Crippen LogP contribution in [0.2, 0.25) is 0 Å². The number of oxazole rings is 1. The summed E-state index contributed by atoms with van der Waals surface area (Å²) in [5.41, 5.74) is 8.92. The monoisotopic (exact) mass is 538 g/mol. The number of rotatable bonds is 7. The Morgan fingerprint density at radius 1 is 1.37 bits per heavy atom. The predicted octanol–water partition coefficient (Wildman–Crippen LogP) is 3.45. The van der Waals surface area contributed by atoms with Crippen molar-refractivity contribution in [1.29, 1.82) is 0 Å². The Kier molecular flexibility index (Phi) is 6.28. The molecular weight excluding hydrogens is 512 g/mol. The zero-order valence-corrected chi connectivity index (χ0v) is 21.2. The van der Waals surface area contributed by atoms with Crippen LogP contribution in [0.5, 0.6) is 0 Å². The van der Waals surface area contributed by atoms with Crippen molar-refractivity contribution in [3.05, 3.63) is 47.0 Å². The molecule has 1 saturated carbocycles. The molecule has 0 bridgehead atoms. The van der Waals surface area contributed by atoms with Crippen LogP contribution < -0.4 is 16.4 Å². The molecule has 5 rings (SSSR count). The Morgan fingerprint density at radius 3 is 2.97 bits per heavy atom. The molecule has 1 amide bonds. The Labute approximate surface area is 210 Å². The number of amides is 1. The zero-order chi connectivity index (χ0) is 24.6. The van der Waals surface area contributed by atoms with Gasteiger partial charge >= 0.3 is 0 Å². The molecule has 0 saturated heterocycles. The standard InChI is InChI=1S/C24H27BrN8O2/c1-24(22(34)27-2)7-5-15(12-24)30-23-29-13-18-19(25)32-33(20(18)31-23)16-3-4-17(14(11-16)6-8-26)21-28-9-10-35-21/h3-4,9-11,13,15H,5-8,12,26H2,1-2H3,(H,27,34)(H,29,30,31)/t15-,24-/m1/s1. The van der Waals surface area contributed by atoms with Gasteiger partial charge in [0.25, 0.3) is 0 Å². The third-order valence-electron chi connectivity index (χ3n) is 6.64. The summed E-state index contributed by atoms with van der Waals surface area (Å²) in [4.78, 5) is 25.9. The van der Waals surface area contributed by atoms with E-state index in [1.54, 1.807) is 30.4 Å². The van der Waals surface area contributed by atoms with E-state index in [2.05, 4.69) is 41.6 Å². The first-order chi connectivity index (χ1) is 16.9. The lowest BCUT2D eigenvalue weighted by atomic mass is 9.87. The van der Waals surface area contributed by atoms with Crippen LogP contribution in [0.3, 0.4) is 0 Å². The lowest BCUT2D eigenvalue weighted by Crippen LogP contribution is -2.35. The number of carbonyl (C=O) groups is 1. The predicted molar refractivity (Wildman–Crippen MR) is 136 cm³/mol. The Morgan fingerprint density at radius 2 is 2.23 bits per heavy atom. The molecule has 182 valence electrons. The summed E-state index contributed by atoms with van der Waals surface area (Å²) in [6.07, 6.45) is 8.02. The molecule has 10 nitrogen and oxygen atoms in total. The Bertz CT molecular complexity index is 1370. The van der Waals surface area contributed by atoms with Crippen molar-refractivity contribution in [3.63, 3.8) is 0 Å². The van der Waals surface area contributed by atoms with E-state index in [1.165, 1.54) is 0 Å². The van der Waals surface area contributed by atoms with Gasteiger partial charge in [0.1, 0.15) is 10.9 Å². The highest BCUT2D eigenvalue weighted by Crippen LogP contribution is 2.39. The lowest BCUT2D eigenvalue weighted by Gasteiger charge is -2.22. The van der Waals surface area contributed by atoms with Gasteiger partial charge in [-0.15, -0.1) is 0 Å². The molecule has 0 spiro atoms. The molecule has 0 unspecified atom stereocenters. The van der Waals surface area contributed by atoms with E-state index >= 15 is 0 Å². The summed E-state index contributed by atoms with van der Waals surface area (Å²) >= 11 is 3.54. The van der Waals surface area contributed by atoms with E-state index < -0.39 is 0 Å². The van der Waals surface area contributed by atoms with Gasteiger partial charge in [-0.2, -0.15) is 10.1 Å². The third kappa shape index (κ3) is 4.41. The average Bonchev–Trinajstić information content (AvgIpc) is 3.59. The first-order valence-corrected chi connectivity index (χ1v) is 12.3. The highest BCUT2D eigenvalue weighted by Gasteiger charge is 2.41. The largest absolute Gasteiger partial charge is 0.445 e. The van der Waals surface area contributed by atoms with Crippen molar-refractivity contribution in [2.45, 2.75) is 38.6 Å². The van der Waals surface area contributed by atoms with Gasteiger partial charge in [0, 0.05) is 30.3 Å². The number of carbonyl (C=O) groups excluding carboxylic acids is 1. The molecule has 3 aromatic heterocycles. The summed E-state index contributed by atoms with van der Waals surface area (Å²) in [6, 6.07) is 6.07. The van der Waals surface area contributed by atoms with Crippen molar-refractivity contribution < 1.29 is 9.21 Å². The average molecular weight is 539 g/mol. The fourth-order valence-corrected chi connectivity index (χ4v) is 5.25. The molecule has 35 heavy (non-hydrogen) atoms. The first-order valence-electron chi connectivity index (χ1n) is 11.5. The lowest BCUT2D eigenvalue weighted by molar-refractivity contribution is -0.129. The van der Waals surface area contributed by atoms with Gasteiger partial charge in [-0.3, -0.25) is 4.79 Å². The normalized spacial score (nSPS) is 19.8. The minimum atomic E-state index is -0.384. The van der Waals surface area contributed by atoms with Gasteiger partial charge in [-0.25, -0.2) is 14.6 Å². The van der Waals surface area contributed by atoms with Crippen molar-refractivity contribution in [2.24, 2.45) is 11.1 Å². The van der Waals surface area contributed by atoms with E-state index in [-0.39, 0.29) is 17.4 Å². The van der Waals surface area contributed by atoms with Gasteiger partial charge in [0.05, 0.1) is 17.3 Å². The van der Waals surface area contributed by atoms with Crippen LogP contribution in [-0.4, -0.2) is 50.3 Å². The van der Waals surface area contributed by atoms with E-state index in [9.17, 15) is 4.79 Å². The van der Waals surface area contributed by atoms with Crippen molar-refractivity contribution in [2.75, 3.05) is 18.9 Å². The fraction of sp³-hybridized carbons (Fsp3) is 0.375. The minimum Gasteiger partial charge on any atom is -0.445 e. The van der Waals surface area contributed by atoms with Crippen LogP contribution in [-0.2, 0) is 11.2 Å². The number of hydrogen-bond donors (Lipinski definition) is 3. The highest BCUT2D eigenvalue weighted by molar-refractivity contribution is 9.10. The number of nitrogens with zero attached hydrogens (tertiary/aromatic N) is 5. The molecule has 11 heteroatoms. The summed E-state index contributed by atoms with van der Waals surface area (Å²) in [6.45, 7) is 2.50. The fourth-order valence-electron chi connectivity index (χ4n) is 4.81. The molecule has 1 fully saturated rings. The van der Waals surface area contributed by atoms with Gasteiger partial charge in [-0.05, 0) is 71.9 Å². The van der Waals surface area contributed by atoms with Crippen LogP contribution >= 0.6 is 15.9 Å². The molecule has 1 aliphatic rings. The maximum absolute atomic E-state index is 12.3. The van der Waals surface area contributed by atoms with Crippen LogP contribution in [0.25, 0.3) is 28.2 Å². The molecule has 0 aliphatic heterocycles. The van der Waals surface area contributed by atoms with E-state index in [0.29, 0.717) is 35.1 Å². The van der Waals surface area contributed by atoms with Gasteiger partial charge in [0.15, 0.2) is 5.65 Å². The Balaban J connectivity index is 1.47. The quantitative estimate of drug-likeness (QED) is 0.325. The molecule has 1 aliphatic carbocycles. The molecular formula is C24H27BrN8O2. The minimum absolute atomic E-state index is 0.0710. The maximum atomic E-state index is 12.3. The maximum Gasteiger partial charge on any atom is 0.226 e. The second-order valence-electron chi connectivity index (χ2n) is 9.07.